The summed E-state index contributed by atoms with van der Waals surface area (Å²) in [5.41, 5.74) is 5.20. The second-order valence-electron chi connectivity index (χ2n) is 5.05. The minimum Gasteiger partial charge on any atom is -0.0656 e. The van der Waals surface area contributed by atoms with Gasteiger partial charge in [0.15, 0.2) is 0 Å². The zero-order chi connectivity index (χ0) is 14.8. The smallest absolute Gasteiger partial charge is 0.0254 e. The fourth-order valence-electron chi connectivity index (χ4n) is 1.79. The van der Waals surface area contributed by atoms with Crippen molar-refractivity contribution in [3.05, 3.63) is 70.8 Å². The molecule has 0 aromatic heterocycles. The van der Waals surface area contributed by atoms with Crippen LogP contribution in [0.25, 0.3) is 12.2 Å². The molecule has 0 saturated heterocycles. The highest BCUT2D eigenvalue weighted by atomic mass is 14.0. The third kappa shape index (κ3) is 5.88. The monoisotopic (exact) mass is 266 g/mol. The zero-order valence-electron chi connectivity index (χ0n) is 13.2. The Balaban J connectivity index is 0.000000612. The predicted octanol–water partition coefficient (Wildman–Crippen LogP) is 6.14. The van der Waals surface area contributed by atoms with Crippen molar-refractivity contribution < 1.29 is 0 Å². The molecule has 106 valence electrons. The van der Waals surface area contributed by atoms with Crippen molar-refractivity contribution >= 4 is 12.2 Å². The highest BCUT2D eigenvalue weighted by Crippen LogP contribution is 2.11. The molecule has 0 atom stereocenters. The molecule has 0 aliphatic carbocycles. The topological polar surface area (TPSA) is 0 Å². The van der Waals surface area contributed by atoms with Crippen LogP contribution < -0.4 is 0 Å². The lowest BCUT2D eigenvalue weighted by molar-refractivity contribution is 1.09. The van der Waals surface area contributed by atoms with E-state index in [4.69, 9.17) is 0 Å². The van der Waals surface area contributed by atoms with E-state index in [1.165, 1.54) is 28.7 Å². The second kappa shape index (κ2) is 9.14. The highest BCUT2D eigenvalue weighted by molar-refractivity contribution is 5.69. The summed E-state index contributed by atoms with van der Waals surface area (Å²) in [6.45, 7) is 8.54. The van der Waals surface area contributed by atoms with E-state index in [1.54, 1.807) is 0 Å². The van der Waals surface area contributed by atoms with Gasteiger partial charge in [0.05, 0.1) is 0 Å². The Hall–Kier alpha value is -1.82. The second-order valence-corrected chi connectivity index (χ2v) is 5.05. The number of hydrogen-bond acceptors (Lipinski definition) is 0. The molecule has 0 aliphatic rings. The Bertz CT molecular complexity index is 518. The first-order valence-electron chi connectivity index (χ1n) is 7.53. The molecular weight excluding hydrogens is 240 g/mol. The van der Waals surface area contributed by atoms with Gasteiger partial charge in [-0.05, 0) is 30.0 Å². The average molecular weight is 266 g/mol. The molecule has 0 aliphatic heterocycles. The normalized spacial score (nSPS) is 10.2. The van der Waals surface area contributed by atoms with Gasteiger partial charge in [0, 0.05) is 0 Å². The van der Waals surface area contributed by atoms with Crippen LogP contribution in [0.5, 0.6) is 0 Å². The van der Waals surface area contributed by atoms with E-state index in [0.29, 0.717) is 0 Å². The molecule has 0 fully saturated rings. The van der Waals surface area contributed by atoms with Gasteiger partial charge < -0.3 is 0 Å². The van der Waals surface area contributed by atoms with E-state index < -0.39 is 0 Å². The maximum Gasteiger partial charge on any atom is -0.0254 e. The van der Waals surface area contributed by atoms with Crippen LogP contribution in [-0.2, 0) is 6.42 Å². The largest absolute Gasteiger partial charge is 0.0656 e. The molecule has 0 heteroatoms. The molecule has 2 rings (SSSR count). The van der Waals surface area contributed by atoms with E-state index in [9.17, 15) is 0 Å². The predicted molar refractivity (Wildman–Crippen MR) is 91.9 cm³/mol. The first-order valence-corrected chi connectivity index (χ1v) is 7.53. The molecule has 0 heterocycles. The van der Waals surface area contributed by atoms with Crippen molar-refractivity contribution in [3.8, 4) is 0 Å². The Morgan fingerprint density at radius 1 is 0.800 bits per heavy atom. The average Bonchev–Trinajstić information content (AvgIpc) is 2.48. The first kappa shape index (κ1) is 16.2. The van der Waals surface area contributed by atoms with Crippen LogP contribution in [0, 0.1) is 6.92 Å². The lowest BCUT2D eigenvalue weighted by atomic mass is 10.1. The van der Waals surface area contributed by atoms with Crippen molar-refractivity contribution in [2.45, 2.75) is 40.5 Å². The third-order valence-electron chi connectivity index (χ3n) is 2.90. The van der Waals surface area contributed by atoms with Gasteiger partial charge in [-0.25, -0.2) is 0 Å². The van der Waals surface area contributed by atoms with Crippen LogP contribution in [0.15, 0.2) is 48.5 Å². The number of benzene rings is 2. The zero-order valence-corrected chi connectivity index (χ0v) is 13.2. The Labute approximate surface area is 124 Å². The molecule has 0 saturated carbocycles. The summed E-state index contributed by atoms with van der Waals surface area (Å²) in [6.07, 6.45) is 6.67. The molecule has 2 aromatic carbocycles. The maximum atomic E-state index is 2.24. The molecule has 20 heavy (non-hydrogen) atoms. The molecule has 2 aromatic rings. The Morgan fingerprint density at radius 3 is 2.00 bits per heavy atom. The minimum absolute atomic E-state index is 1.09. The van der Waals surface area contributed by atoms with Gasteiger partial charge in [-0.1, -0.05) is 93.4 Å². The van der Waals surface area contributed by atoms with Crippen LogP contribution in [0.1, 0.15) is 49.4 Å². The summed E-state index contributed by atoms with van der Waals surface area (Å²) in [6, 6.07) is 17.3. The third-order valence-corrected chi connectivity index (χ3v) is 2.90. The van der Waals surface area contributed by atoms with Gasteiger partial charge in [-0.15, -0.1) is 0 Å². The maximum absolute atomic E-state index is 2.24. The van der Waals surface area contributed by atoms with Crippen LogP contribution in [0.2, 0.25) is 0 Å². The molecule has 0 spiro atoms. The fraction of sp³-hybridized carbons (Fsp3) is 0.300. The molecule has 0 radical (unpaired) electrons. The van der Waals surface area contributed by atoms with Crippen LogP contribution in [-0.4, -0.2) is 0 Å². The summed E-state index contributed by atoms with van der Waals surface area (Å²) in [5, 5.41) is 0. The van der Waals surface area contributed by atoms with E-state index in [-0.39, 0.29) is 0 Å². The first-order chi connectivity index (χ1) is 9.69. The van der Waals surface area contributed by atoms with Gasteiger partial charge in [0.1, 0.15) is 0 Å². The van der Waals surface area contributed by atoms with Crippen LogP contribution in [0.4, 0.5) is 0 Å². The lowest BCUT2D eigenvalue weighted by Crippen LogP contribution is -1.80. The fourth-order valence-corrected chi connectivity index (χ4v) is 1.79. The number of hydrogen-bond donors (Lipinski definition) is 0. The summed E-state index contributed by atoms with van der Waals surface area (Å²) in [5.74, 6) is 0. The quantitative estimate of drug-likeness (QED) is 0.585. The van der Waals surface area contributed by atoms with Gasteiger partial charge in [-0.2, -0.15) is 0 Å². The molecule has 0 nitrogen and oxygen atoms in total. The molecule has 0 unspecified atom stereocenters. The molecular formula is C20H26. The van der Waals surface area contributed by atoms with Crippen LogP contribution >= 0.6 is 0 Å². The standard InChI is InChI=1S/C17H18.C3H8/c1-3-15-5-4-6-17(13-15)12-11-16-9-7-14(2)8-10-16;1-3-2/h4-13H,3H2,1-2H3;3H2,1-2H3/b12-11-;. The van der Waals surface area contributed by atoms with Gasteiger partial charge in [0.2, 0.25) is 0 Å². The SMILES string of the molecule is CCC.CCc1cccc(/C=C\c2ccc(C)cc2)c1. The van der Waals surface area contributed by atoms with E-state index >= 15 is 0 Å². The Kier molecular flexibility index (Phi) is 7.42. The molecule has 0 bridgehead atoms. The summed E-state index contributed by atoms with van der Waals surface area (Å²) >= 11 is 0. The minimum atomic E-state index is 1.09. The molecule has 0 N–H and O–H groups in total. The lowest BCUT2D eigenvalue weighted by Gasteiger charge is -1.99. The van der Waals surface area contributed by atoms with Crippen molar-refractivity contribution in [3.63, 3.8) is 0 Å². The van der Waals surface area contributed by atoms with Crippen molar-refractivity contribution in [1.82, 2.24) is 0 Å². The van der Waals surface area contributed by atoms with Crippen LogP contribution in [0.3, 0.4) is 0 Å². The van der Waals surface area contributed by atoms with E-state index in [2.05, 4.69) is 88.4 Å². The number of rotatable bonds is 3. The summed E-state index contributed by atoms with van der Waals surface area (Å²) in [7, 11) is 0. The van der Waals surface area contributed by atoms with Gasteiger partial charge >= 0.3 is 0 Å². The van der Waals surface area contributed by atoms with Crippen molar-refractivity contribution in [2.75, 3.05) is 0 Å². The van der Waals surface area contributed by atoms with E-state index in [0.717, 1.165) is 6.42 Å². The number of aryl methyl sites for hydroxylation is 2. The Morgan fingerprint density at radius 2 is 1.40 bits per heavy atom. The summed E-state index contributed by atoms with van der Waals surface area (Å²) < 4.78 is 0. The van der Waals surface area contributed by atoms with Gasteiger partial charge in [0.25, 0.3) is 0 Å². The van der Waals surface area contributed by atoms with E-state index in [1.807, 2.05) is 0 Å². The van der Waals surface area contributed by atoms with Gasteiger partial charge in [-0.3, -0.25) is 0 Å². The van der Waals surface area contributed by atoms with Crippen molar-refractivity contribution in [1.29, 1.82) is 0 Å². The highest BCUT2D eigenvalue weighted by Gasteiger charge is 1.91. The van der Waals surface area contributed by atoms with Crippen molar-refractivity contribution in [2.24, 2.45) is 0 Å². The summed E-state index contributed by atoms with van der Waals surface area (Å²) in [4.78, 5) is 0. The molecule has 0 amide bonds.